The Labute approximate surface area is 182 Å². The number of nitrogens with zero attached hydrogens (tertiary/aromatic N) is 3. The van der Waals surface area contributed by atoms with Crippen LogP contribution in [0, 0.1) is 12.7 Å². The predicted octanol–water partition coefficient (Wildman–Crippen LogP) is 4.15. The van der Waals surface area contributed by atoms with Gasteiger partial charge in [-0.05, 0) is 43.0 Å². The van der Waals surface area contributed by atoms with E-state index in [1.807, 2.05) is 30.5 Å². The molecule has 158 valence electrons. The molecule has 0 fully saturated rings. The first-order valence-electron chi connectivity index (χ1n) is 9.46. The van der Waals surface area contributed by atoms with Gasteiger partial charge in [-0.25, -0.2) is 4.39 Å². The number of thioether (sulfide) groups is 1. The van der Waals surface area contributed by atoms with Gasteiger partial charge in [0.25, 0.3) is 11.6 Å². The monoisotopic (exact) mass is 438 g/mol. The fourth-order valence-corrected chi connectivity index (χ4v) is 3.40. The molecule has 2 aromatic heterocycles. The van der Waals surface area contributed by atoms with Gasteiger partial charge in [0.15, 0.2) is 6.61 Å². The van der Waals surface area contributed by atoms with Crippen molar-refractivity contribution in [3.8, 4) is 17.1 Å². The fourth-order valence-electron chi connectivity index (χ4n) is 2.99. The molecule has 2 heterocycles. The summed E-state index contributed by atoms with van der Waals surface area (Å²) in [6.07, 6.45) is 2.01. The zero-order valence-corrected chi connectivity index (χ0v) is 17.7. The van der Waals surface area contributed by atoms with E-state index in [-0.39, 0.29) is 24.1 Å². The van der Waals surface area contributed by atoms with Crippen LogP contribution in [0.25, 0.3) is 22.4 Å². The fraction of sp³-hybridized carbons (Fsp3) is 0.182. The van der Waals surface area contributed by atoms with Crippen molar-refractivity contribution < 1.29 is 18.4 Å². The zero-order valence-electron chi connectivity index (χ0n) is 16.9. The maximum Gasteiger partial charge on any atom is 0.265 e. The topological polar surface area (TPSA) is 90.1 Å². The Bertz CT molecular complexity index is 1230. The molecule has 0 unspecified atom stereocenters. The minimum absolute atomic E-state index is 0.155. The van der Waals surface area contributed by atoms with Crippen molar-refractivity contribution in [1.82, 2.24) is 20.4 Å². The van der Waals surface area contributed by atoms with E-state index in [2.05, 4.69) is 20.4 Å². The maximum atomic E-state index is 13.7. The van der Waals surface area contributed by atoms with Crippen LogP contribution in [0.2, 0.25) is 0 Å². The van der Waals surface area contributed by atoms with E-state index in [4.69, 9.17) is 9.26 Å². The Hall–Kier alpha value is -3.46. The second-order valence-corrected chi connectivity index (χ2v) is 7.59. The molecule has 0 atom stereocenters. The Morgan fingerprint density at radius 3 is 2.74 bits per heavy atom. The number of aryl methyl sites for hydroxylation is 1. The number of halogens is 1. The largest absolute Gasteiger partial charge is 0.467 e. The van der Waals surface area contributed by atoms with Gasteiger partial charge in [-0.2, -0.15) is 9.97 Å². The normalized spacial score (nSPS) is 10.9. The van der Waals surface area contributed by atoms with Crippen molar-refractivity contribution in [2.24, 2.45) is 0 Å². The van der Waals surface area contributed by atoms with Crippen molar-refractivity contribution in [2.45, 2.75) is 18.4 Å². The summed E-state index contributed by atoms with van der Waals surface area (Å²) >= 11 is 1.66. The molecule has 0 radical (unpaired) electrons. The molecule has 7 nitrogen and oxygen atoms in total. The van der Waals surface area contributed by atoms with Gasteiger partial charge < -0.3 is 14.6 Å². The van der Waals surface area contributed by atoms with E-state index in [1.165, 1.54) is 12.1 Å². The van der Waals surface area contributed by atoms with Crippen LogP contribution in [0.4, 0.5) is 4.39 Å². The van der Waals surface area contributed by atoms with Crippen LogP contribution in [-0.2, 0) is 11.3 Å². The summed E-state index contributed by atoms with van der Waals surface area (Å²) in [5.74, 6) is -0.155. The number of amides is 1. The Balaban J connectivity index is 1.49. The SMILES string of the molecule is CSc1ccc(CNC(=O)COc2nc(C)nc3onc(-c4cccc(F)c4)c23)cc1. The molecule has 0 saturated heterocycles. The van der Waals surface area contributed by atoms with Crippen molar-refractivity contribution in [3.05, 3.63) is 65.7 Å². The minimum atomic E-state index is -0.408. The van der Waals surface area contributed by atoms with Crippen LogP contribution < -0.4 is 10.1 Å². The third kappa shape index (κ3) is 4.83. The lowest BCUT2D eigenvalue weighted by atomic mass is 10.1. The van der Waals surface area contributed by atoms with E-state index < -0.39 is 5.82 Å². The molecule has 0 aliphatic rings. The smallest absolute Gasteiger partial charge is 0.265 e. The number of ether oxygens (including phenoxy) is 1. The van der Waals surface area contributed by atoms with E-state index in [0.29, 0.717) is 29.0 Å². The van der Waals surface area contributed by atoms with E-state index >= 15 is 0 Å². The Morgan fingerprint density at radius 2 is 2.00 bits per heavy atom. The van der Waals surface area contributed by atoms with Gasteiger partial charge >= 0.3 is 0 Å². The van der Waals surface area contributed by atoms with Crippen molar-refractivity contribution in [1.29, 1.82) is 0 Å². The van der Waals surface area contributed by atoms with Gasteiger partial charge in [0.05, 0.1) is 0 Å². The number of fused-ring (bicyclic) bond motifs is 1. The average molecular weight is 438 g/mol. The van der Waals surface area contributed by atoms with Gasteiger partial charge in [-0.3, -0.25) is 4.79 Å². The highest BCUT2D eigenvalue weighted by Gasteiger charge is 2.20. The van der Waals surface area contributed by atoms with Crippen LogP contribution in [0.15, 0.2) is 57.9 Å². The predicted molar refractivity (Wildman–Crippen MR) is 115 cm³/mol. The van der Waals surface area contributed by atoms with Gasteiger partial charge in [0, 0.05) is 17.0 Å². The second kappa shape index (κ2) is 9.13. The molecular formula is C22H19FN4O3S. The molecule has 4 rings (SSSR count). The third-order valence-corrected chi connectivity index (χ3v) is 5.24. The summed E-state index contributed by atoms with van der Waals surface area (Å²) in [6, 6.07) is 13.9. The van der Waals surface area contributed by atoms with Crippen molar-refractivity contribution >= 4 is 28.8 Å². The van der Waals surface area contributed by atoms with Crippen LogP contribution in [0.3, 0.4) is 0 Å². The molecule has 1 amide bonds. The third-order valence-electron chi connectivity index (χ3n) is 4.50. The Morgan fingerprint density at radius 1 is 1.19 bits per heavy atom. The summed E-state index contributed by atoms with van der Waals surface area (Å²) in [5.41, 5.74) is 2.03. The molecule has 0 bridgehead atoms. The summed E-state index contributed by atoms with van der Waals surface area (Å²) in [4.78, 5) is 21.9. The number of aromatic nitrogens is 3. The zero-order chi connectivity index (χ0) is 21.8. The lowest BCUT2D eigenvalue weighted by Crippen LogP contribution is -2.28. The number of nitrogens with one attached hydrogen (secondary N) is 1. The van der Waals surface area contributed by atoms with E-state index in [1.54, 1.807) is 30.8 Å². The summed E-state index contributed by atoms with van der Waals surface area (Å²) in [6.45, 7) is 1.81. The molecule has 9 heteroatoms. The number of benzene rings is 2. The molecule has 0 spiro atoms. The van der Waals surface area contributed by atoms with E-state index in [9.17, 15) is 9.18 Å². The summed E-state index contributed by atoms with van der Waals surface area (Å²) in [7, 11) is 0. The van der Waals surface area contributed by atoms with E-state index in [0.717, 1.165) is 10.5 Å². The first-order valence-corrected chi connectivity index (χ1v) is 10.7. The molecule has 2 aromatic carbocycles. The highest BCUT2D eigenvalue weighted by Crippen LogP contribution is 2.33. The summed E-state index contributed by atoms with van der Waals surface area (Å²) in [5, 5.41) is 7.20. The molecule has 0 aliphatic carbocycles. The maximum absolute atomic E-state index is 13.7. The van der Waals surface area contributed by atoms with Crippen molar-refractivity contribution in [2.75, 3.05) is 12.9 Å². The number of carbonyl (C=O) groups excluding carboxylic acids is 1. The van der Waals surface area contributed by atoms with Crippen LogP contribution in [-0.4, -0.2) is 33.9 Å². The van der Waals surface area contributed by atoms with Crippen LogP contribution in [0.5, 0.6) is 5.88 Å². The van der Waals surface area contributed by atoms with Gasteiger partial charge in [0.1, 0.15) is 22.7 Å². The average Bonchev–Trinajstić information content (AvgIpc) is 3.20. The number of hydrogen-bond acceptors (Lipinski definition) is 7. The first kappa shape index (κ1) is 20.8. The van der Waals surface area contributed by atoms with Crippen LogP contribution in [0.1, 0.15) is 11.4 Å². The lowest BCUT2D eigenvalue weighted by molar-refractivity contribution is -0.123. The highest BCUT2D eigenvalue weighted by molar-refractivity contribution is 7.98. The molecule has 31 heavy (non-hydrogen) atoms. The van der Waals surface area contributed by atoms with Crippen molar-refractivity contribution in [3.63, 3.8) is 0 Å². The number of hydrogen-bond donors (Lipinski definition) is 1. The van der Waals surface area contributed by atoms with Gasteiger partial charge in [0.2, 0.25) is 5.88 Å². The number of carbonyl (C=O) groups is 1. The Kier molecular flexibility index (Phi) is 6.13. The minimum Gasteiger partial charge on any atom is -0.467 e. The quantitative estimate of drug-likeness (QED) is 0.434. The van der Waals surface area contributed by atoms with Gasteiger partial charge in [-0.15, -0.1) is 11.8 Å². The standard InChI is InChI=1S/C22H19FN4O3S/c1-13-25-21(29-12-18(28)24-11-14-6-8-17(31-2)9-7-14)19-20(27-30-22(19)26-13)15-4-3-5-16(23)10-15/h3-10H,11-12H2,1-2H3,(H,24,28). The molecule has 1 N–H and O–H groups in total. The highest BCUT2D eigenvalue weighted by atomic mass is 32.2. The molecule has 4 aromatic rings. The van der Waals surface area contributed by atoms with Crippen LogP contribution >= 0.6 is 11.8 Å². The molecule has 0 saturated carbocycles. The van der Waals surface area contributed by atoms with Gasteiger partial charge in [-0.1, -0.05) is 29.4 Å². The molecular weight excluding hydrogens is 419 g/mol. The lowest BCUT2D eigenvalue weighted by Gasteiger charge is -2.09. The number of rotatable bonds is 7. The second-order valence-electron chi connectivity index (χ2n) is 6.71. The molecule has 0 aliphatic heterocycles. The first-order chi connectivity index (χ1) is 15.0. The summed E-state index contributed by atoms with van der Waals surface area (Å²) < 4.78 is 24.6.